The Morgan fingerprint density at radius 1 is 0.429 bits per heavy atom. The largest absolute Gasteiger partial charge is 0.504 e. The molecule has 8 nitrogen and oxygen atoms in total. The maximum absolute atomic E-state index is 9.92. The van der Waals surface area contributed by atoms with Crippen molar-refractivity contribution in [3.05, 3.63) is 69.8 Å². The minimum Gasteiger partial charge on any atom is -0.504 e. The maximum Gasteiger partial charge on any atom is 0.157 e. The smallest absolute Gasteiger partial charge is 0.157 e. The van der Waals surface area contributed by atoms with Gasteiger partial charge in [0.25, 0.3) is 0 Å². The molecule has 8 heteroatoms. The normalized spacial score (nSPS) is 11.4. The van der Waals surface area contributed by atoms with E-state index in [1.54, 1.807) is 0 Å². The number of aromatic hydroxyl groups is 6. The van der Waals surface area contributed by atoms with Crippen molar-refractivity contribution in [1.82, 2.24) is 0 Å². The Morgan fingerprint density at radius 2 is 0.543 bits per heavy atom. The summed E-state index contributed by atoms with van der Waals surface area (Å²) >= 11 is 0. The van der Waals surface area contributed by atoms with Gasteiger partial charge in [-0.2, -0.15) is 0 Å². The van der Waals surface area contributed by atoms with E-state index in [1.807, 2.05) is 0 Å². The molecule has 1 aliphatic carbocycles. The first-order valence-corrected chi connectivity index (χ1v) is 10.8. The molecule has 0 atom stereocenters. The highest BCUT2D eigenvalue weighted by Gasteiger charge is 2.20. The van der Waals surface area contributed by atoms with Gasteiger partial charge in [0.05, 0.1) is 0 Å². The second kappa shape index (κ2) is 11.3. The number of carbonyl (C=O) groups is 2. The predicted molar refractivity (Wildman–Crippen MR) is 130 cm³/mol. The lowest BCUT2D eigenvalue weighted by Gasteiger charge is -2.13. The van der Waals surface area contributed by atoms with Crippen LogP contribution in [0.1, 0.15) is 61.1 Å². The summed E-state index contributed by atoms with van der Waals surface area (Å²) in [5, 5.41) is 59.5. The van der Waals surface area contributed by atoms with Crippen LogP contribution in [0.5, 0.6) is 34.5 Å². The Balaban J connectivity index is 0.000000473. The second-order valence-electron chi connectivity index (χ2n) is 8.68. The van der Waals surface area contributed by atoms with Crippen LogP contribution in [0.4, 0.5) is 0 Å². The first kappa shape index (κ1) is 27.0. The van der Waals surface area contributed by atoms with E-state index in [0.29, 0.717) is 19.3 Å². The van der Waals surface area contributed by atoms with Crippen LogP contribution in [0.2, 0.25) is 0 Å². The van der Waals surface area contributed by atoms with Crippen LogP contribution in [-0.4, -0.2) is 42.2 Å². The lowest BCUT2D eigenvalue weighted by molar-refractivity contribution is -0.115. The van der Waals surface area contributed by atoms with Crippen LogP contribution in [0.25, 0.3) is 0 Å². The van der Waals surface area contributed by atoms with Crippen LogP contribution < -0.4 is 0 Å². The molecule has 0 saturated carbocycles. The van der Waals surface area contributed by atoms with Gasteiger partial charge >= 0.3 is 0 Å². The first-order valence-electron chi connectivity index (χ1n) is 10.8. The van der Waals surface area contributed by atoms with Crippen molar-refractivity contribution in [2.75, 3.05) is 0 Å². The highest BCUT2D eigenvalue weighted by molar-refractivity contribution is 5.72. The standard InChI is InChI=1S/C21H18O6.2C3H6O/c22-16-4-10-1-11-5-17(23)19(25)7-13(11)3-15-9-21(27)20(26)8-14(15)2-12(10)6-18(16)24;2*1-3(2)4/h4-9,22-27H,1-3H2;2*1-2H3. The predicted octanol–water partition coefficient (Wildman–Crippen LogP) is 4.20. The number of carbonyl (C=O) groups excluding carboxylic acids is 2. The molecule has 0 saturated heterocycles. The average Bonchev–Trinajstić information content (AvgIpc) is 2.76. The number of hydrogen-bond acceptors (Lipinski definition) is 8. The highest BCUT2D eigenvalue weighted by Crippen LogP contribution is 2.39. The van der Waals surface area contributed by atoms with E-state index in [9.17, 15) is 40.2 Å². The molecule has 35 heavy (non-hydrogen) atoms. The number of ketones is 2. The maximum atomic E-state index is 9.92. The third-order valence-electron chi connectivity index (χ3n) is 5.03. The van der Waals surface area contributed by atoms with E-state index in [-0.39, 0.29) is 46.1 Å². The Bertz CT molecular complexity index is 1020. The Kier molecular flexibility index (Phi) is 8.72. The molecule has 0 aliphatic heterocycles. The number of benzene rings is 3. The van der Waals surface area contributed by atoms with Crippen molar-refractivity contribution in [1.29, 1.82) is 0 Å². The molecule has 0 radical (unpaired) electrons. The second-order valence-corrected chi connectivity index (χ2v) is 8.68. The summed E-state index contributed by atoms with van der Waals surface area (Å²) in [4.78, 5) is 18.9. The third kappa shape index (κ3) is 7.40. The van der Waals surface area contributed by atoms with E-state index in [2.05, 4.69) is 0 Å². The van der Waals surface area contributed by atoms with Gasteiger partial charge in [-0.3, -0.25) is 0 Å². The summed E-state index contributed by atoms with van der Waals surface area (Å²) in [6.07, 6.45) is 1.12. The number of Topliss-reactive ketones (excluding diaryl/α,β-unsaturated/α-hetero) is 2. The lowest BCUT2D eigenvalue weighted by atomic mass is 9.94. The summed E-state index contributed by atoms with van der Waals surface area (Å²) < 4.78 is 0. The number of hydrogen-bond donors (Lipinski definition) is 6. The topological polar surface area (TPSA) is 156 Å². The van der Waals surface area contributed by atoms with Crippen molar-refractivity contribution in [2.45, 2.75) is 47.0 Å². The van der Waals surface area contributed by atoms with E-state index in [4.69, 9.17) is 0 Å². The van der Waals surface area contributed by atoms with E-state index < -0.39 is 0 Å². The molecule has 0 aromatic heterocycles. The Morgan fingerprint density at radius 3 is 0.657 bits per heavy atom. The van der Waals surface area contributed by atoms with E-state index >= 15 is 0 Å². The SMILES string of the molecule is CC(C)=O.CC(C)=O.Oc1cc2c(cc1O)Cc1cc(O)c(O)cc1Cc1cc(O)c(O)cc1C2. The molecule has 0 amide bonds. The number of phenols is 6. The molecule has 1 aliphatic rings. The van der Waals surface area contributed by atoms with Gasteiger partial charge in [-0.25, -0.2) is 0 Å². The van der Waals surface area contributed by atoms with Gasteiger partial charge in [-0.15, -0.1) is 0 Å². The summed E-state index contributed by atoms with van der Waals surface area (Å²) in [5.41, 5.74) is 4.48. The van der Waals surface area contributed by atoms with Crippen LogP contribution in [0.3, 0.4) is 0 Å². The van der Waals surface area contributed by atoms with Crippen molar-refractivity contribution in [3.8, 4) is 34.5 Å². The summed E-state index contributed by atoms with van der Waals surface area (Å²) in [6, 6.07) is 8.85. The summed E-state index contributed by atoms with van der Waals surface area (Å²) in [6.45, 7) is 6.11. The molecule has 3 aromatic rings. The zero-order chi connectivity index (χ0) is 26.4. The lowest BCUT2D eigenvalue weighted by Crippen LogP contribution is -1.98. The van der Waals surface area contributed by atoms with Gasteiger partial charge in [-0.05, 0) is 117 Å². The van der Waals surface area contributed by atoms with Crippen LogP contribution in [0.15, 0.2) is 36.4 Å². The Labute approximate surface area is 203 Å². The van der Waals surface area contributed by atoms with Gasteiger partial charge < -0.3 is 40.2 Å². The average molecular weight is 483 g/mol. The van der Waals surface area contributed by atoms with Crippen molar-refractivity contribution in [3.63, 3.8) is 0 Å². The van der Waals surface area contributed by atoms with Crippen molar-refractivity contribution < 1.29 is 40.2 Å². The van der Waals surface area contributed by atoms with E-state index in [1.165, 1.54) is 64.1 Å². The molecular formula is C27H30O8. The minimum atomic E-state index is -0.244. The Hall–Kier alpha value is -4.20. The molecular weight excluding hydrogens is 452 g/mol. The molecule has 0 fully saturated rings. The molecule has 0 bridgehead atoms. The fourth-order valence-electron chi connectivity index (χ4n) is 3.59. The number of phenolic OH excluding ortho intramolecular Hbond substituents is 6. The fraction of sp³-hybridized carbons (Fsp3) is 0.259. The molecule has 3 aromatic carbocycles. The number of fused-ring (bicyclic) bond motifs is 3. The zero-order valence-electron chi connectivity index (χ0n) is 20.1. The van der Waals surface area contributed by atoms with Crippen LogP contribution >= 0.6 is 0 Å². The zero-order valence-corrected chi connectivity index (χ0v) is 20.1. The molecule has 0 unspecified atom stereocenters. The van der Waals surface area contributed by atoms with Gasteiger partial charge in [-0.1, -0.05) is 0 Å². The van der Waals surface area contributed by atoms with Crippen molar-refractivity contribution in [2.24, 2.45) is 0 Å². The van der Waals surface area contributed by atoms with Gasteiger partial charge in [0.2, 0.25) is 0 Å². The van der Waals surface area contributed by atoms with Gasteiger partial charge in [0.15, 0.2) is 34.5 Å². The summed E-state index contributed by atoms with van der Waals surface area (Å²) in [5.74, 6) is -1.13. The monoisotopic (exact) mass is 482 g/mol. The van der Waals surface area contributed by atoms with Gasteiger partial charge in [0, 0.05) is 0 Å². The molecule has 6 N–H and O–H groups in total. The molecule has 0 heterocycles. The minimum absolute atomic E-state index is 0.167. The molecule has 0 spiro atoms. The quantitative estimate of drug-likeness (QED) is 0.204. The molecule has 4 rings (SSSR count). The fourth-order valence-corrected chi connectivity index (χ4v) is 3.59. The summed E-state index contributed by atoms with van der Waals surface area (Å²) in [7, 11) is 0. The number of rotatable bonds is 0. The highest BCUT2D eigenvalue weighted by atomic mass is 16.3. The van der Waals surface area contributed by atoms with E-state index in [0.717, 1.165) is 33.4 Å². The van der Waals surface area contributed by atoms with Crippen molar-refractivity contribution >= 4 is 11.6 Å². The van der Waals surface area contributed by atoms with Crippen LogP contribution in [-0.2, 0) is 28.9 Å². The third-order valence-corrected chi connectivity index (χ3v) is 5.03. The van der Waals surface area contributed by atoms with Gasteiger partial charge in [0.1, 0.15) is 11.6 Å². The molecule has 186 valence electrons. The first-order chi connectivity index (χ1) is 16.3. The van der Waals surface area contributed by atoms with Crippen LogP contribution in [0, 0.1) is 0 Å².